The van der Waals surface area contributed by atoms with E-state index in [-0.39, 0.29) is 0 Å². The van der Waals surface area contributed by atoms with E-state index in [1.807, 2.05) is 12.1 Å². The summed E-state index contributed by atoms with van der Waals surface area (Å²) in [6, 6.07) is 4.57. The molecule has 3 rings (SSSR count). The summed E-state index contributed by atoms with van der Waals surface area (Å²) >= 11 is 7.54. The summed E-state index contributed by atoms with van der Waals surface area (Å²) in [6.07, 6.45) is 5.78. The van der Waals surface area contributed by atoms with Gasteiger partial charge in [0.05, 0.1) is 14.9 Å². The van der Waals surface area contributed by atoms with Crippen LogP contribution in [0.4, 0.5) is 0 Å². The highest BCUT2D eigenvalue weighted by molar-refractivity contribution is 7.19. The number of halogens is 1. The summed E-state index contributed by atoms with van der Waals surface area (Å²) in [5.74, 6) is 1.22. The van der Waals surface area contributed by atoms with Crippen molar-refractivity contribution in [2.24, 2.45) is 0 Å². The first-order chi connectivity index (χ1) is 7.74. The molecule has 1 aliphatic heterocycles. The fourth-order valence-electron chi connectivity index (χ4n) is 2.26. The lowest BCUT2D eigenvalue weighted by Crippen LogP contribution is -2.14. The highest BCUT2D eigenvalue weighted by Crippen LogP contribution is 2.33. The second-order valence-corrected chi connectivity index (χ2v) is 6.01. The van der Waals surface area contributed by atoms with Gasteiger partial charge < -0.3 is 4.57 Å². The monoisotopic (exact) mass is 252 g/mol. The quantitative estimate of drug-likeness (QED) is 0.745. The molecule has 0 spiro atoms. The Kier molecular flexibility index (Phi) is 2.52. The molecule has 0 saturated heterocycles. The van der Waals surface area contributed by atoms with E-state index < -0.39 is 0 Å². The number of aromatic nitrogens is 2. The Morgan fingerprint density at radius 3 is 3.06 bits per heavy atom. The van der Waals surface area contributed by atoms with Crippen LogP contribution >= 0.6 is 22.9 Å². The molecule has 1 atom stereocenters. The van der Waals surface area contributed by atoms with Crippen LogP contribution in [0.2, 0.25) is 4.34 Å². The van der Waals surface area contributed by atoms with Gasteiger partial charge in [-0.2, -0.15) is 0 Å². The van der Waals surface area contributed by atoms with Gasteiger partial charge in [0.15, 0.2) is 0 Å². The van der Waals surface area contributed by atoms with Gasteiger partial charge in [-0.05, 0) is 31.9 Å². The van der Waals surface area contributed by atoms with Gasteiger partial charge in [-0.3, -0.25) is 0 Å². The Morgan fingerprint density at radius 2 is 2.38 bits per heavy atom. The molecule has 2 aromatic heterocycles. The number of imidazole rings is 1. The van der Waals surface area contributed by atoms with Crippen LogP contribution in [-0.2, 0) is 6.42 Å². The van der Waals surface area contributed by atoms with Crippen LogP contribution in [-0.4, -0.2) is 9.55 Å². The van der Waals surface area contributed by atoms with E-state index in [9.17, 15) is 0 Å². The first-order valence-electron chi connectivity index (χ1n) is 5.57. The fraction of sp³-hybridized carbons (Fsp3) is 0.417. The molecule has 16 heavy (non-hydrogen) atoms. The van der Waals surface area contributed by atoms with Crippen LogP contribution in [0, 0.1) is 0 Å². The predicted molar refractivity (Wildman–Crippen MR) is 68.2 cm³/mol. The van der Waals surface area contributed by atoms with E-state index in [0.717, 1.165) is 16.5 Å². The zero-order chi connectivity index (χ0) is 11.1. The smallest absolute Gasteiger partial charge is 0.109 e. The topological polar surface area (TPSA) is 17.8 Å². The van der Waals surface area contributed by atoms with E-state index in [4.69, 9.17) is 16.6 Å². The van der Waals surface area contributed by atoms with Crippen molar-refractivity contribution in [3.05, 3.63) is 28.5 Å². The maximum atomic E-state index is 5.95. The van der Waals surface area contributed by atoms with Crippen molar-refractivity contribution in [1.29, 1.82) is 0 Å². The Morgan fingerprint density at radius 1 is 1.50 bits per heavy atom. The third-order valence-electron chi connectivity index (χ3n) is 3.13. The Bertz CT molecular complexity index is 515. The van der Waals surface area contributed by atoms with Gasteiger partial charge in [-0.15, -0.1) is 11.3 Å². The molecular formula is C12H13ClN2S. The van der Waals surface area contributed by atoms with Crippen LogP contribution in [0.1, 0.15) is 31.6 Å². The molecule has 2 aromatic rings. The van der Waals surface area contributed by atoms with E-state index in [0.29, 0.717) is 6.04 Å². The summed E-state index contributed by atoms with van der Waals surface area (Å²) in [6.45, 7) is 2.26. The maximum Gasteiger partial charge on any atom is 0.109 e. The molecule has 0 unspecified atom stereocenters. The minimum Gasteiger partial charge on any atom is -0.331 e. The molecular weight excluding hydrogens is 240 g/mol. The molecule has 84 valence electrons. The molecule has 0 amide bonds. The third kappa shape index (κ3) is 1.68. The third-order valence-corrected chi connectivity index (χ3v) is 4.39. The van der Waals surface area contributed by atoms with Gasteiger partial charge in [0, 0.05) is 18.7 Å². The van der Waals surface area contributed by atoms with Gasteiger partial charge in [-0.1, -0.05) is 11.6 Å². The Hall–Kier alpha value is -0.800. The van der Waals surface area contributed by atoms with Crippen LogP contribution in [0.15, 0.2) is 18.3 Å². The van der Waals surface area contributed by atoms with Crippen LogP contribution in [0.5, 0.6) is 0 Å². The SMILES string of the molecule is C[C@H]1CCCc2nc(-c3ccc(Cl)s3)cn21. The van der Waals surface area contributed by atoms with Gasteiger partial charge in [0.2, 0.25) is 0 Å². The Labute approximate surface area is 104 Å². The van der Waals surface area contributed by atoms with Crippen LogP contribution in [0.3, 0.4) is 0 Å². The summed E-state index contributed by atoms with van der Waals surface area (Å²) < 4.78 is 3.14. The van der Waals surface area contributed by atoms with Gasteiger partial charge >= 0.3 is 0 Å². The predicted octanol–water partition coefficient (Wildman–Crippen LogP) is 4.16. The molecule has 0 bridgehead atoms. The van der Waals surface area contributed by atoms with Crippen molar-refractivity contribution in [3.8, 4) is 10.6 Å². The van der Waals surface area contributed by atoms with Gasteiger partial charge in [0.1, 0.15) is 5.82 Å². The van der Waals surface area contributed by atoms with Crippen molar-refractivity contribution >= 4 is 22.9 Å². The lowest BCUT2D eigenvalue weighted by molar-refractivity contribution is 0.426. The van der Waals surface area contributed by atoms with Gasteiger partial charge in [-0.25, -0.2) is 4.98 Å². The molecule has 0 saturated carbocycles. The minimum absolute atomic E-state index is 0.584. The molecule has 4 heteroatoms. The molecule has 0 aliphatic carbocycles. The zero-order valence-electron chi connectivity index (χ0n) is 9.11. The number of aryl methyl sites for hydroxylation is 1. The van der Waals surface area contributed by atoms with Crippen molar-refractivity contribution < 1.29 is 0 Å². The number of hydrogen-bond acceptors (Lipinski definition) is 2. The lowest BCUT2D eigenvalue weighted by atomic mass is 10.1. The second-order valence-electron chi connectivity index (χ2n) is 4.29. The molecule has 0 radical (unpaired) electrons. The van der Waals surface area contributed by atoms with E-state index in [2.05, 4.69) is 17.7 Å². The zero-order valence-corrected chi connectivity index (χ0v) is 10.7. The average molecular weight is 253 g/mol. The summed E-state index contributed by atoms with van der Waals surface area (Å²) in [4.78, 5) is 5.87. The number of hydrogen-bond donors (Lipinski definition) is 0. The number of nitrogens with zero attached hydrogens (tertiary/aromatic N) is 2. The first-order valence-corrected chi connectivity index (χ1v) is 6.77. The molecule has 0 fully saturated rings. The lowest BCUT2D eigenvalue weighted by Gasteiger charge is -2.20. The maximum absolute atomic E-state index is 5.95. The standard InChI is InChI=1S/C12H13ClN2S/c1-8-3-2-4-12-14-9(7-15(8)12)10-5-6-11(13)16-10/h5-8H,2-4H2,1H3/t8-/m0/s1. The van der Waals surface area contributed by atoms with E-state index in [1.54, 1.807) is 11.3 Å². The van der Waals surface area contributed by atoms with Crippen molar-refractivity contribution in [3.63, 3.8) is 0 Å². The Balaban J connectivity index is 2.04. The van der Waals surface area contributed by atoms with Crippen LogP contribution < -0.4 is 0 Å². The van der Waals surface area contributed by atoms with Crippen molar-refractivity contribution in [2.75, 3.05) is 0 Å². The van der Waals surface area contributed by atoms with Crippen LogP contribution in [0.25, 0.3) is 10.6 Å². The second kappa shape index (κ2) is 3.90. The summed E-state index contributed by atoms with van der Waals surface area (Å²) in [5.41, 5.74) is 1.07. The minimum atomic E-state index is 0.584. The first kappa shape index (κ1) is 10.4. The summed E-state index contributed by atoms with van der Waals surface area (Å²) in [7, 11) is 0. The number of thiophene rings is 1. The highest BCUT2D eigenvalue weighted by Gasteiger charge is 2.18. The largest absolute Gasteiger partial charge is 0.331 e. The number of fused-ring (bicyclic) bond motifs is 1. The highest BCUT2D eigenvalue weighted by atomic mass is 35.5. The number of rotatable bonds is 1. The van der Waals surface area contributed by atoms with Gasteiger partial charge in [0.25, 0.3) is 0 Å². The van der Waals surface area contributed by atoms with E-state index >= 15 is 0 Å². The molecule has 2 nitrogen and oxygen atoms in total. The molecule has 3 heterocycles. The fourth-order valence-corrected chi connectivity index (χ4v) is 3.26. The summed E-state index contributed by atoms with van der Waals surface area (Å²) in [5, 5.41) is 0. The average Bonchev–Trinajstić information content (AvgIpc) is 2.84. The van der Waals surface area contributed by atoms with Crippen molar-refractivity contribution in [1.82, 2.24) is 9.55 Å². The molecule has 0 aromatic carbocycles. The molecule has 1 aliphatic rings. The molecule has 0 N–H and O–H groups in total. The van der Waals surface area contributed by atoms with Crippen molar-refractivity contribution in [2.45, 2.75) is 32.2 Å². The normalized spacial score (nSPS) is 19.8. The van der Waals surface area contributed by atoms with E-state index in [1.165, 1.54) is 23.5 Å².